The first-order chi connectivity index (χ1) is 12.7. The third-order valence-corrected chi connectivity index (χ3v) is 4.37. The van der Waals surface area contributed by atoms with Gasteiger partial charge in [0.25, 0.3) is 11.8 Å². The number of quaternary nitrogens is 1. The van der Waals surface area contributed by atoms with Gasteiger partial charge in [0.15, 0.2) is 6.54 Å². The van der Waals surface area contributed by atoms with Crippen molar-refractivity contribution in [1.29, 1.82) is 0 Å². The van der Waals surface area contributed by atoms with Crippen molar-refractivity contribution in [2.24, 2.45) is 0 Å². The predicted octanol–water partition coefficient (Wildman–Crippen LogP) is -0.820. The van der Waals surface area contributed by atoms with Crippen molar-refractivity contribution in [3.05, 3.63) is 48.3 Å². The van der Waals surface area contributed by atoms with Crippen LogP contribution in [0.3, 0.4) is 0 Å². The Morgan fingerprint density at radius 3 is 2.38 bits per heavy atom. The molecule has 0 saturated carbocycles. The summed E-state index contributed by atoms with van der Waals surface area (Å²) in [5.74, 6) is 0.567. The molecule has 2 heterocycles. The number of carbonyl (C=O) groups excluding carboxylic acids is 2. The first-order valence-corrected chi connectivity index (χ1v) is 8.63. The highest BCUT2D eigenvalue weighted by atomic mass is 16.2. The van der Waals surface area contributed by atoms with Crippen LogP contribution in [0.2, 0.25) is 0 Å². The summed E-state index contributed by atoms with van der Waals surface area (Å²) >= 11 is 0. The number of rotatable bonds is 5. The number of benzene rings is 1. The highest BCUT2D eigenvalue weighted by Gasteiger charge is 2.23. The number of aromatic nitrogens is 2. The molecule has 2 aromatic rings. The molecule has 0 spiro atoms. The van der Waals surface area contributed by atoms with Gasteiger partial charge >= 0.3 is 0 Å². The second-order valence-corrected chi connectivity index (χ2v) is 6.17. The van der Waals surface area contributed by atoms with Crippen LogP contribution < -0.4 is 20.4 Å². The van der Waals surface area contributed by atoms with E-state index in [-0.39, 0.29) is 11.8 Å². The largest absolute Gasteiger partial charge is 0.355 e. The number of hydrogen-bond acceptors (Lipinski definition) is 5. The Morgan fingerprint density at radius 1 is 1.12 bits per heavy atom. The molecular formula is C18H23N6O2+. The topological polar surface area (TPSA) is 91.7 Å². The lowest BCUT2D eigenvalue weighted by molar-refractivity contribution is -0.892. The van der Waals surface area contributed by atoms with Crippen LogP contribution in [0.4, 0.5) is 11.6 Å². The van der Waals surface area contributed by atoms with Crippen molar-refractivity contribution < 1.29 is 14.5 Å². The molecule has 1 fully saturated rings. The summed E-state index contributed by atoms with van der Waals surface area (Å²) in [5.41, 5.74) is 1.26. The van der Waals surface area contributed by atoms with Gasteiger partial charge < -0.3 is 20.4 Å². The average molecular weight is 355 g/mol. The molecule has 0 unspecified atom stereocenters. The van der Waals surface area contributed by atoms with Gasteiger partial charge in [-0.05, 0) is 30.3 Å². The van der Waals surface area contributed by atoms with E-state index < -0.39 is 0 Å². The van der Waals surface area contributed by atoms with Crippen molar-refractivity contribution in [3.63, 3.8) is 0 Å². The molecule has 1 aromatic carbocycles. The number of carbonyl (C=O) groups is 2. The zero-order valence-electron chi connectivity index (χ0n) is 14.7. The Balaban J connectivity index is 1.46. The highest BCUT2D eigenvalue weighted by molar-refractivity contribution is 5.95. The van der Waals surface area contributed by atoms with Gasteiger partial charge in [-0.15, -0.1) is 0 Å². The summed E-state index contributed by atoms with van der Waals surface area (Å²) in [6.45, 7) is 3.80. The molecule has 1 saturated heterocycles. The number of nitrogens with one attached hydrogen (secondary N) is 3. The number of amides is 2. The zero-order chi connectivity index (χ0) is 18.4. The maximum absolute atomic E-state index is 12.3. The Kier molecular flexibility index (Phi) is 5.75. The number of nitrogens with zero attached hydrogens (tertiary/aromatic N) is 3. The van der Waals surface area contributed by atoms with Crippen LogP contribution >= 0.6 is 0 Å². The third kappa shape index (κ3) is 4.54. The summed E-state index contributed by atoms with van der Waals surface area (Å²) < 4.78 is 0. The zero-order valence-corrected chi connectivity index (χ0v) is 14.7. The minimum absolute atomic E-state index is 0.0305. The molecule has 3 N–H and O–H groups in total. The first kappa shape index (κ1) is 17.8. The number of anilines is 2. The minimum Gasteiger partial charge on any atom is -0.355 e. The Labute approximate surface area is 152 Å². The predicted molar refractivity (Wildman–Crippen MR) is 98.3 cm³/mol. The molecule has 1 aliphatic rings. The van der Waals surface area contributed by atoms with Gasteiger partial charge in [-0.3, -0.25) is 9.59 Å². The average Bonchev–Trinajstić information content (AvgIpc) is 2.69. The summed E-state index contributed by atoms with van der Waals surface area (Å²) in [5, 5.41) is 5.46. The van der Waals surface area contributed by atoms with Crippen LogP contribution in [0.15, 0.2) is 42.7 Å². The van der Waals surface area contributed by atoms with E-state index in [4.69, 9.17) is 0 Å². The molecule has 8 heteroatoms. The molecule has 3 rings (SSSR count). The normalized spacial score (nSPS) is 14.7. The SMILES string of the molecule is CNC(=O)c1ccc(NC(=O)C[NH+]2CCN(c3ncccn3)CC2)cc1. The summed E-state index contributed by atoms with van der Waals surface area (Å²) in [6, 6.07) is 8.67. The standard InChI is InChI=1S/C18H22N6O2/c1-19-17(26)14-3-5-15(6-4-14)22-16(25)13-23-9-11-24(12-10-23)18-20-7-2-8-21-18/h2-8H,9-13H2,1H3,(H,19,26)(H,22,25)/p+1. The Bertz CT molecular complexity index is 742. The fourth-order valence-electron chi connectivity index (χ4n) is 2.94. The van der Waals surface area contributed by atoms with Crippen molar-refractivity contribution >= 4 is 23.5 Å². The van der Waals surface area contributed by atoms with E-state index in [9.17, 15) is 9.59 Å². The third-order valence-electron chi connectivity index (χ3n) is 4.37. The minimum atomic E-state index is -0.146. The molecule has 1 aliphatic heterocycles. The van der Waals surface area contributed by atoms with Crippen LogP contribution in [-0.2, 0) is 4.79 Å². The quantitative estimate of drug-likeness (QED) is 0.652. The molecule has 136 valence electrons. The summed E-state index contributed by atoms with van der Waals surface area (Å²) in [4.78, 5) is 35.7. The van der Waals surface area contributed by atoms with Crippen molar-refractivity contribution in [2.45, 2.75) is 0 Å². The van der Waals surface area contributed by atoms with Gasteiger partial charge in [-0.1, -0.05) is 0 Å². The lowest BCUT2D eigenvalue weighted by Gasteiger charge is -2.31. The van der Waals surface area contributed by atoms with E-state index in [0.717, 1.165) is 32.1 Å². The van der Waals surface area contributed by atoms with Crippen LogP contribution in [0.1, 0.15) is 10.4 Å². The Hall–Kier alpha value is -3.00. The van der Waals surface area contributed by atoms with Crippen molar-refractivity contribution in [3.8, 4) is 0 Å². The summed E-state index contributed by atoms with van der Waals surface area (Å²) in [7, 11) is 1.59. The molecule has 0 bridgehead atoms. The first-order valence-electron chi connectivity index (χ1n) is 8.63. The lowest BCUT2D eigenvalue weighted by atomic mass is 10.2. The maximum atomic E-state index is 12.3. The van der Waals surface area contributed by atoms with E-state index in [1.54, 1.807) is 49.8 Å². The second kappa shape index (κ2) is 8.39. The van der Waals surface area contributed by atoms with Crippen LogP contribution in [0.5, 0.6) is 0 Å². The summed E-state index contributed by atoms with van der Waals surface area (Å²) in [6.07, 6.45) is 3.48. The number of piperazine rings is 1. The lowest BCUT2D eigenvalue weighted by Crippen LogP contribution is -3.15. The van der Waals surface area contributed by atoms with Crippen molar-refractivity contribution in [2.75, 3.05) is 50.0 Å². The fourth-order valence-corrected chi connectivity index (χ4v) is 2.94. The molecule has 1 aromatic heterocycles. The van der Waals surface area contributed by atoms with Gasteiger partial charge in [0.1, 0.15) is 0 Å². The van der Waals surface area contributed by atoms with Crippen LogP contribution in [0.25, 0.3) is 0 Å². The molecule has 0 radical (unpaired) electrons. The van der Waals surface area contributed by atoms with Gasteiger partial charge in [-0.2, -0.15) is 0 Å². The van der Waals surface area contributed by atoms with E-state index in [0.29, 0.717) is 17.8 Å². The molecule has 2 amide bonds. The van der Waals surface area contributed by atoms with Gasteiger partial charge in [0, 0.05) is 30.7 Å². The highest BCUT2D eigenvalue weighted by Crippen LogP contribution is 2.09. The van der Waals surface area contributed by atoms with E-state index in [2.05, 4.69) is 25.5 Å². The van der Waals surface area contributed by atoms with Gasteiger partial charge in [0.2, 0.25) is 5.95 Å². The van der Waals surface area contributed by atoms with Gasteiger partial charge in [0.05, 0.1) is 26.2 Å². The molecule has 8 nitrogen and oxygen atoms in total. The maximum Gasteiger partial charge on any atom is 0.279 e. The van der Waals surface area contributed by atoms with Crippen molar-refractivity contribution in [1.82, 2.24) is 15.3 Å². The van der Waals surface area contributed by atoms with E-state index in [1.807, 2.05) is 0 Å². The molecule has 0 atom stereocenters. The van der Waals surface area contributed by atoms with Crippen LogP contribution in [-0.4, -0.2) is 61.6 Å². The molecular weight excluding hydrogens is 332 g/mol. The molecule has 0 aliphatic carbocycles. The Morgan fingerprint density at radius 2 is 1.77 bits per heavy atom. The molecule has 26 heavy (non-hydrogen) atoms. The monoisotopic (exact) mass is 355 g/mol. The second-order valence-electron chi connectivity index (χ2n) is 6.17. The van der Waals surface area contributed by atoms with Gasteiger partial charge in [-0.25, -0.2) is 9.97 Å². The fraction of sp³-hybridized carbons (Fsp3) is 0.333. The number of hydrogen-bond donors (Lipinski definition) is 3. The van der Waals surface area contributed by atoms with Crippen LogP contribution in [0, 0.1) is 0 Å². The van der Waals surface area contributed by atoms with E-state index >= 15 is 0 Å². The smallest absolute Gasteiger partial charge is 0.279 e. The van der Waals surface area contributed by atoms with E-state index in [1.165, 1.54) is 4.90 Å².